The monoisotopic (exact) mass is 236 g/mol. The van der Waals surface area contributed by atoms with Gasteiger partial charge in [0.15, 0.2) is 0 Å². The van der Waals surface area contributed by atoms with Gasteiger partial charge in [-0.2, -0.15) is 0 Å². The van der Waals surface area contributed by atoms with E-state index in [0.29, 0.717) is 6.42 Å². The first-order chi connectivity index (χ1) is 7.50. The lowest BCUT2D eigenvalue weighted by Crippen LogP contribution is -2.25. The molecule has 0 spiro atoms. The van der Waals surface area contributed by atoms with E-state index in [1.165, 1.54) is 0 Å². The SMILES string of the molecule is Cc1ccsc1C(C)(O)Cc1nccn1C. The van der Waals surface area contributed by atoms with Crippen molar-refractivity contribution >= 4 is 11.3 Å². The lowest BCUT2D eigenvalue weighted by Gasteiger charge is -2.22. The zero-order chi connectivity index (χ0) is 11.8. The second-order valence-corrected chi connectivity index (χ2v) is 5.25. The average Bonchev–Trinajstić information content (AvgIpc) is 2.76. The molecular formula is C12H16N2OS. The van der Waals surface area contributed by atoms with Crippen LogP contribution in [-0.4, -0.2) is 14.7 Å². The number of imidazole rings is 1. The Hall–Kier alpha value is -1.13. The van der Waals surface area contributed by atoms with Gasteiger partial charge in [0, 0.05) is 30.7 Å². The second kappa shape index (κ2) is 4.03. The normalized spacial score (nSPS) is 15.0. The number of aryl methyl sites for hydroxylation is 2. The Bertz CT molecular complexity index is 485. The Labute approximate surface area is 99.4 Å². The number of nitrogens with zero attached hydrogens (tertiary/aromatic N) is 2. The number of hydrogen-bond acceptors (Lipinski definition) is 3. The molecule has 0 aromatic carbocycles. The van der Waals surface area contributed by atoms with E-state index in [1.807, 2.05) is 43.1 Å². The summed E-state index contributed by atoms with van der Waals surface area (Å²) in [7, 11) is 1.94. The zero-order valence-corrected chi connectivity index (χ0v) is 10.6. The van der Waals surface area contributed by atoms with E-state index in [-0.39, 0.29) is 0 Å². The van der Waals surface area contributed by atoms with E-state index in [1.54, 1.807) is 17.5 Å². The molecule has 0 aliphatic carbocycles. The fourth-order valence-corrected chi connectivity index (χ4v) is 2.87. The molecule has 1 N–H and O–H groups in total. The predicted octanol–water partition coefficient (Wildman–Crippen LogP) is 2.24. The van der Waals surface area contributed by atoms with Gasteiger partial charge >= 0.3 is 0 Å². The third-order valence-corrected chi connectivity index (χ3v) is 4.04. The van der Waals surface area contributed by atoms with Crippen LogP contribution in [-0.2, 0) is 19.1 Å². The topological polar surface area (TPSA) is 38.1 Å². The van der Waals surface area contributed by atoms with E-state index in [0.717, 1.165) is 16.3 Å². The minimum Gasteiger partial charge on any atom is -0.384 e. The molecule has 2 rings (SSSR count). The number of hydrogen-bond donors (Lipinski definition) is 1. The largest absolute Gasteiger partial charge is 0.384 e. The number of aliphatic hydroxyl groups is 1. The van der Waals surface area contributed by atoms with Crippen molar-refractivity contribution in [2.45, 2.75) is 25.9 Å². The summed E-state index contributed by atoms with van der Waals surface area (Å²) in [5.41, 5.74) is 0.307. The lowest BCUT2D eigenvalue weighted by atomic mass is 9.97. The molecule has 1 atom stereocenters. The highest BCUT2D eigenvalue weighted by Gasteiger charge is 2.28. The molecule has 0 saturated carbocycles. The highest BCUT2D eigenvalue weighted by atomic mass is 32.1. The summed E-state index contributed by atoms with van der Waals surface area (Å²) < 4.78 is 1.94. The van der Waals surface area contributed by atoms with Crippen molar-refractivity contribution in [3.63, 3.8) is 0 Å². The third kappa shape index (κ3) is 2.03. The van der Waals surface area contributed by atoms with E-state index < -0.39 is 5.60 Å². The maximum absolute atomic E-state index is 10.5. The lowest BCUT2D eigenvalue weighted by molar-refractivity contribution is 0.0580. The molecule has 0 amide bonds. The summed E-state index contributed by atoms with van der Waals surface area (Å²) in [5.74, 6) is 0.901. The van der Waals surface area contributed by atoms with Crippen molar-refractivity contribution in [1.82, 2.24) is 9.55 Å². The first-order valence-electron chi connectivity index (χ1n) is 5.24. The van der Waals surface area contributed by atoms with Crippen molar-refractivity contribution in [1.29, 1.82) is 0 Å². The minimum absolute atomic E-state index is 0.540. The first kappa shape index (κ1) is 11.4. The Balaban J connectivity index is 2.27. The maximum atomic E-state index is 10.5. The predicted molar refractivity (Wildman–Crippen MR) is 65.5 cm³/mol. The van der Waals surface area contributed by atoms with Crippen LogP contribution in [0.5, 0.6) is 0 Å². The summed E-state index contributed by atoms with van der Waals surface area (Å²) in [6, 6.07) is 2.03. The quantitative estimate of drug-likeness (QED) is 0.887. The van der Waals surface area contributed by atoms with Crippen LogP contribution in [0.2, 0.25) is 0 Å². The summed E-state index contributed by atoms with van der Waals surface area (Å²) in [6.45, 7) is 3.87. The molecule has 2 heterocycles. The second-order valence-electron chi connectivity index (χ2n) is 4.34. The molecule has 0 radical (unpaired) electrons. The van der Waals surface area contributed by atoms with Gasteiger partial charge < -0.3 is 9.67 Å². The molecule has 0 aliphatic heterocycles. The third-order valence-electron chi connectivity index (χ3n) is 2.77. The van der Waals surface area contributed by atoms with Gasteiger partial charge in [-0.3, -0.25) is 0 Å². The van der Waals surface area contributed by atoms with Gasteiger partial charge in [0.2, 0.25) is 0 Å². The van der Waals surface area contributed by atoms with Gasteiger partial charge in [0.1, 0.15) is 11.4 Å². The molecule has 2 aromatic rings. The molecule has 3 nitrogen and oxygen atoms in total. The molecule has 16 heavy (non-hydrogen) atoms. The first-order valence-corrected chi connectivity index (χ1v) is 6.12. The Morgan fingerprint density at radius 3 is 2.81 bits per heavy atom. The smallest absolute Gasteiger partial charge is 0.111 e. The van der Waals surface area contributed by atoms with Gasteiger partial charge in [-0.05, 0) is 30.9 Å². The molecule has 86 valence electrons. The molecule has 0 bridgehead atoms. The van der Waals surface area contributed by atoms with Gasteiger partial charge in [0.05, 0.1) is 0 Å². The van der Waals surface area contributed by atoms with E-state index in [2.05, 4.69) is 4.98 Å². The van der Waals surface area contributed by atoms with Crippen molar-refractivity contribution in [2.75, 3.05) is 0 Å². The van der Waals surface area contributed by atoms with Crippen LogP contribution in [0.25, 0.3) is 0 Å². The molecule has 0 aliphatic rings. The molecule has 2 aromatic heterocycles. The fourth-order valence-electron chi connectivity index (χ4n) is 1.88. The van der Waals surface area contributed by atoms with Crippen LogP contribution >= 0.6 is 11.3 Å². The Morgan fingerprint density at radius 2 is 2.31 bits per heavy atom. The molecule has 4 heteroatoms. The fraction of sp³-hybridized carbons (Fsp3) is 0.417. The van der Waals surface area contributed by atoms with Gasteiger partial charge in [-0.1, -0.05) is 0 Å². The van der Waals surface area contributed by atoms with Crippen LogP contribution in [0.3, 0.4) is 0 Å². The standard InChI is InChI=1S/C12H16N2OS/c1-9-4-7-16-11(9)12(2,15)8-10-13-5-6-14(10)3/h4-7,15H,8H2,1-3H3. The molecule has 0 fully saturated rings. The number of rotatable bonds is 3. The van der Waals surface area contributed by atoms with Crippen molar-refractivity contribution < 1.29 is 5.11 Å². The van der Waals surface area contributed by atoms with Crippen molar-refractivity contribution in [3.8, 4) is 0 Å². The maximum Gasteiger partial charge on any atom is 0.111 e. The van der Waals surface area contributed by atoms with Crippen LogP contribution in [0.1, 0.15) is 23.2 Å². The average molecular weight is 236 g/mol. The Kier molecular flexibility index (Phi) is 2.86. The summed E-state index contributed by atoms with van der Waals surface area (Å²) in [4.78, 5) is 5.27. The Morgan fingerprint density at radius 1 is 1.56 bits per heavy atom. The summed E-state index contributed by atoms with van der Waals surface area (Å²) in [6.07, 6.45) is 4.19. The van der Waals surface area contributed by atoms with Crippen LogP contribution in [0.15, 0.2) is 23.8 Å². The summed E-state index contributed by atoms with van der Waals surface area (Å²) >= 11 is 1.60. The van der Waals surface area contributed by atoms with Crippen LogP contribution in [0, 0.1) is 6.92 Å². The zero-order valence-electron chi connectivity index (χ0n) is 9.77. The highest BCUT2D eigenvalue weighted by molar-refractivity contribution is 7.10. The molecular weight excluding hydrogens is 220 g/mol. The molecule has 1 unspecified atom stereocenters. The number of thiophene rings is 1. The van der Waals surface area contributed by atoms with Crippen molar-refractivity contribution in [3.05, 3.63) is 40.1 Å². The van der Waals surface area contributed by atoms with E-state index in [9.17, 15) is 5.11 Å². The number of aromatic nitrogens is 2. The van der Waals surface area contributed by atoms with Gasteiger partial charge in [-0.25, -0.2) is 4.98 Å². The van der Waals surface area contributed by atoms with E-state index >= 15 is 0 Å². The van der Waals surface area contributed by atoms with Gasteiger partial charge in [-0.15, -0.1) is 11.3 Å². The van der Waals surface area contributed by atoms with Crippen molar-refractivity contribution in [2.24, 2.45) is 7.05 Å². The van der Waals surface area contributed by atoms with Crippen LogP contribution in [0.4, 0.5) is 0 Å². The highest BCUT2D eigenvalue weighted by Crippen LogP contribution is 2.31. The van der Waals surface area contributed by atoms with Gasteiger partial charge in [0.25, 0.3) is 0 Å². The van der Waals surface area contributed by atoms with E-state index in [4.69, 9.17) is 0 Å². The van der Waals surface area contributed by atoms with Crippen LogP contribution < -0.4 is 0 Å². The summed E-state index contributed by atoms with van der Waals surface area (Å²) in [5, 5.41) is 12.5. The molecule has 0 saturated heterocycles. The minimum atomic E-state index is -0.836.